The Morgan fingerprint density at radius 2 is 1.85 bits per heavy atom. The van der Waals surface area contributed by atoms with Crippen LogP contribution in [0.15, 0.2) is 53.7 Å². The number of nitrogens with two attached hydrogens (primary N) is 1. The van der Waals surface area contributed by atoms with E-state index in [9.17, 15) is 4.79 Å². The lowest BCUT2D eigenvalue weighted by Gasteiger charge is -2.16. The molecule has 26 heavy (non-hydrogen) atoms. The smallest absolute Gasteiger partial charge is 0.227 e. The van der Waals surface area contributed by atoms with Gasteiger partial charge in [-0.25, -0.2) is 0 Å². The molecule has 3 rings (SSSR count). The molecule has 0 bridgehead atoms. The number of hydrogen-bond acceptors (Lipinski definition) is 4. The van der Waals surface area contributed by atoms with Crippen molar-refractivity contribution in [1.29, 1.82) is 0 Å². The van der Waals surface area contributed by atoms with Crippen LogP contribution in [-0.2, 0) is 4.79 Å². The molecular formula is C19H19ClN4OS. The number of primary amides is 1. The first-order valence-electron chi connectivity index (χ1n) is 8.19. The van der Waals surface area contributed by atoms with E-state index < -0.39 is 5.91 Å². The molecular weight excluding hydrogens is 368 g/mol. The van der Waals surface area contributed by atoms with Crippen LogP contribution >= 0.6 is 23.4 Å². The third kappa shape index (κ3) is 3.92. The largest absolute Gasteiger partial charge is 0.369 e. The van der Waals surface area contributed by atoms with Crippen LogP contribution in [0.1, 0.15) is 25.3 Å². The average molecular weight is 387 g/mol. The van der Waals surface area contributed by atoms with Crippen LogP contribution in [0.4, 0.5) is 0 Å². The van der Waals surface area contributed by atoms with E-state index in [1.54, 1.807) is 0 Å². The molecule has 0 aliphatic carbocycles. The molecule has 0 atom stereocenters. The van der Waals surface area contributed by atoms with E-state index in [2.05, 4.69) is 30.1 Å². The molecule has 1 heterocycles. The van der Waals surface area contributed by atoms with Crippen molar-refractivity contribution in [2.45, 2.75) is 24.9 Å². The van der Waals surface area contributed by atoms with Crippen molar-refractivity contribution in [3.63, 3.8) is 0 Å². The molecule has 0 aliphatic rings. The maximum absolute atomic E-state index is 11.2. The third-order valence-electron chi connectivity index (χ3n) is 3.88. The topological polar surface area (TPSA) is 73.8 Å². The third-order valence-corrected chi connectivity index (χ3v) is 5.08. The first-order valence-corrected chi connectivity index (χ1v) is 9.55. The van der Waals surface area contributed by atoms with Gasteiger partial charge in [0.1, 0.15) is 0 Å². The maximum Gasteiger partial charge on any atom is 0.227 e. The Kier molecular flexibility index (Phi) is 5.64. The molecule has 0 fully saturated rings. The van der Waals surface area contributed by atoms with Crippen molar-refractivity contribution in [1.82, 2.24) is 14.8 Å². The minimum atomic E-state index is -0.394. The zero-order valence-corrected chi connectivity index (χ0v) is 16.1. The summed E-state index contributed by atoms with van der Waals surface area (Å²) in [5.41, 5.74) is 8.36. The predicted molar refractivity (Wildman–Crippen MR) is 106 cm³/mol. The second-order valence-corrected chi connectivity index (χ2v) is 7.50. The highest BCUT2D eigenvalue weighted by Crippen LogP contribution is 2.32. The summed E-state index contributed by atoms with van der Waals surface area (Å²) in [7, 11) is 0. The first kappa shape index (κ1) is 18.5. The van der Waals surface area contributed by atoms with Gasteiger partial charge in [-0.1, -0.05) is 55.4 Å². The number of carbonyl (C=O) groups excluding carboxylic acids is 1. The van der Waals surface area contributed by atoms with Crippen molar-refractivity contribution in [2.75, 3.05) is 5.75 Å². The normalized spacial score (nSPS) is 11.1. The van der Waals surface area contributed by atoms with Gasteiger partial charge >= 0.3 is 0 Å². The molecule has 7 heteroatoms. The molecule has 0 saturated heterocycles. The monoisotopic (exact) mass is 386 g/mol. The van der Waals surface area contributed by atoms with Gasteiger partial charge in [-0.05, 0) is 41.8 Å². The van der Waals surface area contributed by atoms with Gasteiger partial charge in [-0.2, -0.15) is 0 Å². The zero-order chi connectivity index (χ0) is 18.7. The quantitative estimate of drug-likeness (QED) is 0.641. The molecule has 2 N–H and O–H groups in total. The Labute approximate surface area is 161 Å². The summed E-state index contributed by atoms with van der Waals surface area (Å²) in [6, 6.07) is 15.6. The number of halogens is 1. The molecule has 1 amide bonds. The van der Waals surface area contributed by atoms with Crippen LogP contribution in [0.2, 0.25) is 5.02 Å². The van der Waals surface area contributed by atoms with Crippen molar-refractivity contribution in [2.24, 2.45) is 5.73 Å². The Balaban J connectivity index is 2.18. The van der Waals surface area contributed by atoms with Gasteiger partial charge in [0.25, 0.3) is 0 Å². The number of nitrogens with zero attached hydrogens (tertiary/aromatic N) is 3. The standard InChI is InChI=1S/C19H19ClN4OS/c1-12(2)15-5-3-4-6-16(15)24-18(13-7-9-14(20)10-8-13)22-23-19(24)26-11-17(21)25/h3-10,12H,11H2,1-2H3,(H2,21,25). The molecule has 2 aromatic carbocycles. The second-order valence-electron chi connectivity index (χ2n) is 6.12. The van der Waals surface area contributed by atoms with Gasteiger partial charge in [0.05, 0.1) is 11.4 Å². The van der Waals surface area contributed by atoms with Crippen molar-refractivity contribution in [3.05, 3.63) is 59.1 Å². The number of hydrogen-bond donors (Lipinski definition) is 1. The van der Waals surface area contributed by atoms with Crippen LogP contribution in [-0.4, -0.2) is 26.4 Å². The van der Waals surface area contributed by atoms with E-state index in [0.29, 0.717) is 21.9 Å². The number of rotatable bonds is 6. The number of amides is 1. The van der Waals surface area contributed by atoms with Crippen molar-refractivity contribution in [3.8, 4) is 17.1 Å². The molecule has 0 unspecified atom stereocenters. The highest BCUT2D eigenvalue weighted by atomic mass is 35.5. The highest BCUT2D eigenvalue weighted by Gasteiger charge is 2.19. The van der Waals surface area contributed by atoms with Gasteiger partial charge in [0.2, 0.25) is 5.91 Å². The van der Waals surface area contributed by atoms with Crippen LogP contribution in [0.3, 0.4) is 0 Å². The number of thioether (sulfide) groups is 1. The summed E-state index contributed by atoms with van der Waals surface area (Å²) in [5, 5.41) is 9.95. The van der Waals surface area contributed by atoms with E-state index in [-0.39, 0.29) is 5.75 Å². The molecule has 0 saturated carbocycles. The van der Waals surface area contributed by atoms with Gasteiger partial charge in [0.15, 0.2) is 11.0 Å². The molecule has 0 aliphatic heterocycles. The van der Waals surface area contributed by atoms with Crippen LogP contribution < -0.4 is 5.73 Å². The van der Waals surface area contributed by atoms with Crippen LogP contribution in [0.25, 0.3) is 17.1 Å². The van der Waals surface area contributed by atoms with E-state index in [0.717, 1.165) is 11.3 Å². The van der Waals surface area contributed by atoms with Gasteiger partial charge in [-0.3, -0.25) is 9.36 Å². The Morgan fingerprint density at radius 1 is 1.15 bits per heavy atom. The van der Waals surface area contributed by atoms with Crippen molar-refractivity contribution < 1.29 is 4.79 Å². The molecule has 0 radical (unpaired) electrons. The summed E-state index contributed by atoms with van der Waals surface area (Å²) >= 11 is 7.29. The van der Waals surface area contributed by atoms with Gasteiger partial charge in [0, 0.05) is 10.6 Å². The molecule has 5 nitrogen and oxygen atoms in total. The lowest BCUT2D eigenvalue weighted by Crippen LogP contribution is -2.14. The number of benzene rings is 2. The lowest BCUT2D eigenvalue weighted by atomic mass is 10.0. The van der Waals surface area contributed by atoms with Crippen LogP contribution in [0.5, 0.6) is 0 Å². The minimum Gasteiger partial charge on any atom is -0.369 e. The fourth-order valence-electron chi connectivity index (χ4n) is 2.68. The van der Waals surface area contributed by atoms with E-state index in [4.69, 9.17) is 17.3 Å². The second kappa shape index (κ2) is 7.93. The SMILES string of the molecule is CC(C)c1ccccc1-n1c(SCC(N)=O)nnc1-c1ccc(Cl)cc1. The Bertz CT molecular complexity index is 922. The molecule has 3 aromatic rings. The number of para-hydroxylation sites is 1. The summed E-state index contributed by atoms with van der Waals surface area (Å²) in [6.45, 7) is 4.28. The highest BCUT2D eigenvalue weighted by molar-refractivity contribution is 7.99. The summed E-state index contributed by atoms with van der Waals surface area (Å²) in [5.74, 6) is 0.764. The van der Waals surface area contributed by atoms with E-state index in [1.807, 2.05) is 47.0 Å². The molecule has 0 spiro atoms. The van der Waals surface area contributed by atoms with Gasteiger partial charge in [-0.15, -0.1) is 10.2 Å². The maximum atomic E-state index is 11.2. The Morgan fingerprint density at radius 3 is 2.50 bits per heavy atom. The van der Waals surface area contributed by atoms with Crippen LogP contribution in [0, 0.1) is 0 Å². The summed E-state index contributed by atoms with van der Waals surface area (Å²) in [4.78, 5) is 11.2. The summed E-state index contributed by atoms with van der Waals surface area (Å²) < 4.78 is 1.98. The lowest BCUT2D eigenvalue weighted by molar-refractivity contribution is -0.115. The average Bonchev–Trinajstić information content (AvgIpc) is 3.04. The molecule has 134 valence electrons. The Hall–Kier alpha value is -2.31. The van der Waals surface area contributed by atoms with E-state index >= 15 is 0 Å². The number of carbonyl (C=O) groups is 1. The molecule has 1 aromatic heterocycles. The minimum absolute atomic E-state index is 0.141. The van der Waals surface area contributed by atoms with Gasteiger partial charge < -0.3 is 5.73 Å². The first-order chi connectivity index (χ1) is 12.5. The summed E-state index contributed by atoms with van der Waals surface area (Å²) in [6.07, 6.45) is 0. The van der Waals surface area contributed by atoms with Crippen molar-refractivity contribution >= 4 is 29.3 Å². The zero-order valence-electron chi connectivity index (χ0n) is 14.5. The fraction of sp³-hybridized carbons (Fsp3) is 0.211. The number of aromatic nitrogens is 3. The van der Waals surface area contributed by atoms with E-state index in [1.165, 1.54) is 17.3 Å². The predicted octanol–water partition coefficient (Wildman–Crippen LogP) is 4.29. The fourth-order valence-corrected chi connectivity index (χ4v) is 3.49.